The van der Waals surface area contributed by atoms with E-state index in [1.807, 2.05) is 30.3 Å². The fourth-order valence-electron chi connectivity index (χ4n) is 1.89. The van der Waals surface area contributed by atoms with E-state index in [9.17, 15) is 14.7 Å². The molecule has 0 aliphatic carbocycles. The van der Waals surface area contributed by atoms with Crippen molar-refractivity contribution in [1.29, 1.82) is 0 Å². The molecule has 2 aromatic rings. The summed E-state index contributed by atoms with van der Waals surface area (Å²) in [5.41, 5.74) is 1.41. The number of ether oxygens (including phenoxy) is 1. The Bertz CT molecular complexity index is 639. The lowest BCUT2D eigenvalue weighted by atomic mass is 10.2. The minimum atomic E-state index is -1.14. The van der Waals surface area contributed by atoms with Crippen molar-refractivity contribution in [2.24, 2.45) is 7.05 Å². The third-order valence-electron chi connectivity index (χ3n) is 2.97. The Morgan fingerprint density at radius 2 is 2.09 bits per heavy atom. The smallest absolute Gasteiger partial charge is 0.408 e. The lowest BCUT2D eigenvalue weighted by Crippen LogP contribution is -2.42. The highest BCUT2D eigenvalue weighted by Crippen LogP contribution is 2.03. The Labute approximate surface area is 127 Å². The van der Waals surface area contributed by atoms with Crippen molar-refractivity contribution < 1.29 is 19.4 Å². The maximum atomic E-state index is 11.7. The summed E-state index contributed by atoms with van der Waals surface area (Å²) in [6.45, 7) is 0.0859. The first-order valence-corrected chi connectivity index (χ1v) is 6.71. The Kier molecular flexibility index (Phi) is 5.13. The molecule has 1 aromatic heterocycles. The SMILES string of the molecule is Cn1cnc(C[C@@H](NC(=O)OCc2ccccc2)C(=O)O)c1. The number of alkyl carbamates (subject to hydrolysis) is 1. The maximum absolute atomic E-state index is 11.7. The van der Waals surface area contributed by atoms with E-state index in [1.165, 1.54) is 0 Å². The van der Waals surface area contributed by atoms with Crippen LogP contribution < -0.4 is 5.32 Å². The molecule has 2 N–H and O–H groups in total. The van der Waals surface area contributed by atoms with Gasteiger partial charge in [0.2, 0.25) is 0 Å². The number of amides is 1. The van der Waals surface area contributed by atoms with Crippen LogP contribution in [0.5, 0.6) is 0 Å². The number of aryl methyl sites for hydroxylation is 1. The highest BCUT2D eigenvalue weighted by atomic mass is 16.5. The van der Waals surface area contributed by atoms with Crippen molar-refractivity contribution in [3.8, 4) is 0 Å². The van der Waals surface area contributed by atoms with Crippen LogP contribution in [0, 0.1) is 0 Å². The molecule has 0 saturated heterocycles. The number of rotatable bonds is 6. The summed E-state index contributed by atoms with van der Waals surface area (Å²) in [5, 5.41) is 11.5. The van der Waals surface area contributed by atoms with Crippen LogP contribution in [0.25, 0.3) is 0 Å². The molecule has 1 amide bonds. The van der Waals surface area contributed by atoms with E-state index in [1.54, 1.807) is 24.1 Å². The summed E-state index contributed by atoms with van der Waals surface area (Å²) >= 11 is 0. The fourth-order valence-corrected chi connectivity index (χ4v) is 1.89. The van der Waals surface area contributed by atoms with Crippen molar-refractivity contribution in [3.05, 3.63) is 54.1 Å². The van der Waals surface area contributed by atoms with Crippen LogP contribution in [0.4, 0.5) is 4.79 Å². The molecule has 0 saturated carbocycles. The number of hydrogen-bond acceptors (Lipinski definition) is 4. The van der Waals surface area contributed by atoms with Gasteiger partial charge in [-0.25, -0.2) is 14.6 Å². The van der Waals surface area contributed by atoms with Crippen LogP contribution in [0.15, 0.2) is 42.9 Å². The molecule has 22 heavy (non-hydrogen) atoms. The number of nitrogens with one attached hydrogen (secondary N) is 1. The zero-order valence-electron chi connectivity index (χ0n) is 12.1. The molecule has 0 radical (unpaired) electrons. The molecule has 0 spiro atoms. The summed E-state index contributed by atoms with van der Waals surface area (Å²) in [6, 6.07) is 8.07. The molecule has 116 valence electrons. The Balaban J connectivity index is 1.87. The second-order valence-electron chi connectivity index (χ2n) is 4.83. The molecule has 0 aliphatic heterocycles. The monoisotopic (exact) mass is 303 g/mol. The van der Waals surface area contributed by atoms with E-state index >= 15 is 0 Å². The van der Waals surface area contributed by atoms with Gasteiger partial charge in [0, 0.05) is 19.7 Å². The summed E-state index contributed by atoms with van der Waals surface area (Å²) in [7, 11) is 1.79. The zero-order valence-corrected chi connectivity index (χ0v) is 12.1. The van der Waals surface area contributed by atoms with E-state index in [0.717, 1.165) is 5.56 Å². The summed E-state index contributed by atoms with van der Waals surface area (Å²) in [5.74, 6) is -1.14. The molecule has 1 aromatic carbocycles. The predicted octanol–water partition coefficient (Wildman–Crippen LogP) is 1.34. The lowest BCUT2D eigenvalue weighted by Gasteiger charge is -2.13. The normalized spacial score (nSPS) is 11.7. The molecule has 7 nitrogen and oxygen atoms in total. The molecular weight excluding hydrogens is 286 g/mol. The number of aromatic nitrogens is 2. The summed E-state index contributed by atoms with van der Waals surface area (Å²) in [6.07, 6.45) is 2.60. The fraction of sp³-hybridized carbons (Fsp3) is 0.267. The van der Waals surface area contributed by atoms with Crippen molar-refractivity contribution in [3.63, 3.8) is 0 Å². The third-order valence-corrected chi connectivity index (χ3v) is 2.97. The van der Waals surface area contributed by atoms with Crippen LogP contribution in [0.3, 0.4) is 0 Å². The van der Waals surface area contributed by atoms with Gasteiger partial charge in [0.15, 0.2) is 0 Å². The molecule has 0 unspecified atom stereocenters. The van der Waals surface area contributed by atoms with E-state index in [4.69, 9.17) is 4.74 Å². The number of carbonyl (C=O) groups is 2. The maximum Gasteiger partial charge on any atom is 0.408 e. The lowest BCUT2D eigenvalue weighted by molar-refractivity contribution is -0.139. The quantitative estimate of drug-likeness (QED) is 0.840. The molecule has 0 aliphatic rings. The number of imidazole rings is 1. The van der Waals surface area contributed by atoms with Crippen LogP contribution in [0.2, 0.25) is 0 Å². The van der Waals surface area contributed by atoms with Crippen molar-refractivity contribution in [2.45, 2.75) is 19.1 Å². The molecule has 7 heteroatoms. The molecule has 1 heterocycles. The van der Waals surface area contributed by atoms with Crippen LogP contribution >= 0.6 is 0 Å². The highest BCUT2D eigenvalue weighted by Gasteiger charge is 2.22. The van der Waals surface area contributed by atoms with Gasteiger partial charge in [-0.15, -0.1) is 0 Å². The van der Waals surface area contributed by atoms with E-state index in [2.05, 4.69) is 10.3 Å². The molecule has 2 rings (SSSR count). The van der Waals surface area contributed by atoms with Crippen LogP contribution in [-0.2, 0) is 29.6 Å². The number of nitrogens with zero attached hydrogens (tertiary/aromatic N) is 2. The van der Waals surface area contributed by atoms with Gasteiger partial charge in [0.05, 0.1) is 12.0 Å². The number of aliphatic carboxylic acids is 1. The average Bonchev–Trinajstić information content (AvgIpc) is 2.91. The zero-order chi connectivity index (χ0) is 15.9. The average molecular weight is 303 g/mol. The van der Waals surface area contributed by atoms with E-state index in [0.29, 0.717) is 5.69 Å². The first kappa shape index (κ1) is 15.6. The second kappa shape index (κ2) is 7.26. The first-order valence-electron chi connectivity index (χ1n) is 6.71. The molecule has 1 atom stereocenters. The van der Waals surface area contributed by atoms with Crippen molar-refractivity contribution in [1.82, 2.24) is 14.9 Å². The van der Waals surface area contributed by atoms with Gasteiger partial charge >= 0.3 is 12.1 Å². The Hall–Kier alpha value is -2.83. The number of carboxylic acids is 1. The summed E-state index contributed by atoms with van der Waals surface area (Å²) in [4.78, 5) is 27.0. The minimum absolute atomic E-state index is 0.0859. The first-order chi connectivity index (χ1) is 10.5. The molecule has 0 bridgehead atoms. The van der Waals surface area contributed by atoms with Gasteiger partial charge in [-0.1, -0.05) is 30.3 Å². The third kappa shape index (κ3) is 4.62. The van der Waals surface area contributed by atoms with Gasteiger partial charge in [0.1, 0.15) is 12.6 Å². The highest BCUT2D eigenvalue weighted by molar-refractivity contribution is 5.80. The van der Waals surface area contributed by atoms with Gasteiger partial charge in [-0.05, 0) is 5.56 Å². The van der Waals surface area contributed by atoms with Gasteiger partial charge in [-0.2, -0.15) is 0 Å². The topological polar surface area (TPSA) is 93.5 Å². The Morgan fingerprint density at radius 1 is 1.36 bits per heavy atom. The van der Waals surface area contributed by atoms with Crippen molar-refractivity contribution in [2.75, 3.05) is 0 Å². The number of hydrogen-bond donors (Lipinski definition) is 2. The minimum Gasteiger partial charge on any atom is -0.480 e. The number of carboxylic acid groups (broad SMARTS) is 1. The van der Waals surface area contributed by atoms with Gasteiger partial charge in [-0.3, -0.25) is 0 Å². The van der Waals surface area contributed by atoms with E-state index in [-0.39, 0.29) is 13.0 Å². The molecular formula is C15H17N3O4. The largest absolute Gasteiger partial charge is 0.480 e. The van der Waals surface area contributed by atoms with Gasteiger partial charge < -0.3 is 19.7 Å². The van der Waals surface area contributed by atoms with E-state index < -0.39 is 18.1 Å². The van der Waals surface area contributed by atoms with Gasteiger partial charge in [0.25, 0.3) is 0 Å². The summed E-state index contributed by atoms with van der Waals surface area (Å²) < 4.78 is 6.72. The number of benzene rings is 1. The number of carbonyl (C=O) groups excluding carboxylic acids is 1. The van der Waals surface area contributed by atoms with Crippen LogP contribution in [0.1, 0.15) is 11.3 Å². The second-order valence-corrected chi connectivity index (χ2v) is 4.83. The Morgan fingerprint density at radius 3 is 2.68 bits per heavy atom. The van der Waals surface area contributed by atoms with Crippen molar-refractivity contribution >= 4 is 12.1 Å². The predicted molar refractivity (Wildman–Crippen MR) is 78.1 cm³/mol. The molecule has 0 fully saturated rings. The standard InChI is InChI=1S/C15H17N3O4/c1-18-8-12(16-10-18)7-13(14(19)20)17-15(21)22-9-11-5-3-2-4-6-11/h2-6,8,10,13H,7,9H2,1H3,(H,17,21)(H,19,20)/t13-/m1/s1. The van der Waals surface area contributed by atoms with Crippen LogP contribution in [-0.4, -0.2) is 32.8 Å².